The van der Waals surface area contributed by atoms with Crippen molar-refractivity contribution < 1.29 is 13.9 Å². The SMILES string of the molecule is O=C(COc1ccccc1F)NCCn1cnc(-c2ccccc2)cc1=O. The van der Waals surface area contributed by atoms with E-state index >= 15 is 0 Å². The summed E-state index contributed by atoms with van der Waals surface area (Å²) in [6.07, 6.45) is 1.45. The van der Waals surface area contributed by atoms with Gasteiger partial charge in [-0.3, -0.25) is 14.2 Å². The largest absolute Gasteiger partial charge is 0.481 e. The van der Waals surface area contributed by atoms with Gasteiger partial charge in [0.05, 0.1) is 12.0 Å². The van der Waals surface area contributed by atoms with Crippen molar-refractivity contribution in [3.63, 3.8) is 0 Å². The van der Waals surface area contributed by atoms with Crippen molar-refractivity contribution in [3.8, 4) is 17.0 Å². The van der Waals surface area contributed by atoms with Gasteiger partial charge in [-0.15, -0.1) is 0 Å². The van der Waals surface area contributed by atoms with Gasteiger partial charge in [-0.25, -0.2) is 9.37 Å². The second kappa shape index (κ2) is 8.75. The van der Waals surface area contributed by atoms with Gasteiger partial charge in [-0.2, -0.15) is 0 Å². The molecule has 0 bridgehead atoms. The van der Waals surface area contributed by atoms with Crippen LogP contribution in [0.5, 0.6) is 5.75 Å². The third-order valence-electron chi connectivity index (χ3n) is 3.82. The fourth-order valence-corrected chi connectivity index (χ4v) is 2.43. The minimum absolute atomic E-state index is 0.0181. The van der Waals surface area contributed by atoms with Crippen LogP contribution in [-0.2, 0) is 11.3 Å². The van der Waals surface area contributed by atoms with Crippen molar-refractivity contribution in [2.75, 3.05) is 13.2 Å². The summed E-state index contributed by atoms with van der Waals surface area (Å²) in [6, 6.07) is 16.7. The van der Waals surface area contributed by atoms with Crippen molar-refractivity contribution in [1.82, 2.24) is 14.9 Å². The monoisotopic (exact) mass is 367 g/mol. The summed E-state index contributed by atoms with van der Waals surface area (Å²) in [5.41, 5.74) is 1.25. The molecule has 2 aromatic carbocycles. The summed E-state index contributed by atoms with van der Waals surface area (Å²) in [4.78, 5) is 28.2. The highest BCUT2D eigenvalue weighted by Crippen LogP contribution is 2.15. The van der Waals surface area contributed by atoms with E-state index in [0.29, 0.717) is 5.69 Å². The number of carbonyl (C=O) groups is 1. The average molecular weight is 367 g/mol. The zero-order valence-corrected chi connectivity index (χ0v) is 14.5. The number of carbonyl (C=O) groups excluding carboxylic acids is 1. The van der Waals surface area contributed by atoms with E-state index in [9.17, 15) is 14.0 Å². The van der Waals surface area contributed by atoms with Gasteiger partial charge in [0.15, 0.2) is 18.2 Å². The maximum absolute atomic E-state index is 13.4. The molecule has 138 valence electrons. The Morgan fingerprint density at radius 1 is 1.11 bits per heavy atom. The predicted octanol–water partition coefficient (Wildman–Crippen LogP) is 2.24. The third kappa shape index (κ3) is 5.01. The molecule has 0 atom stereocenters. The smallest absolute Gasteiger partial charge is 0.258 e. The number of rotatable bonds is 7. The number of halogens is 1. The Labute approximate surface area is 155 Å². The first kappa shape index (κ1) is 18.3. The first-order valence-electron chi connectivity index (χ1n) is 8.39. The first-order valence-corrected chi connectivity index (χ1v) is 8.39. The van der Waals surface area contributed by atoms with Gasteiger partial charge in [-0.05, 0) is 12.1 Å². The van der Waals surface area contributed by atoms with Gasteiger partial charge in [0.1, 0.15) is 0 Å². The van der Waals surface area contributed by atoms with Crippen LogP contribution in [0, 0.1) is 5.82 Å². The van der Waals surface area contributed by atoms with Gasteiger partial charge >= 0.3 is 0 Å². The van der Waals surface area contributed by atoms with Crippen LogP contribution in [0.15, 0.2) is 71.8 Å². The van der Waals surface area contributed by atoms with Gasteiger partial charge in [0.2, 0.25) is 0 Å². The molecule has 1 aromatic heterocycles. The maximum atomic E-state index is 13.4. The molecule has 3 rings (SSSR count). The van der Waals surface area contributed by atoms with E-state index in [1.54, 1.807) is 6.07 Å². The molecule has 27 heavy (non-hydrogen) atoms. The van der Waals surface area contributed by atoms with Crippen LogP contribution in [0.3, 0.4) is 0 Å². The third-order valence-corrected chi connectivity index (χ3v) is 3.82. The molecule has 0 spiro atoms. The van der Waals surface area contributed by atoms with Crippen LogP contribution < -0.4 is 15.6 Å². The molecule has 1 N–H and O–H groups in total. The van der Waals surface area contributed by atoms with E-state index < -0.39 is 11.7 Å². The second-order valence-corrected chi connectivity index (χ2v) is 5.74. The fourth-order valence-electron chi connectivity index (χ4n) is 2.43. The minimum Gasteiger partial charge on any atom is -0.481 e. The van der Waals surface area contributed by atoms with Crippen LogP contribution in [-0.4, -0.2) is 28.6 Å². The molecule has 0 aliphatic heterocycles. The molecule has 0 aliphatic rings. The number of hydrogen-bond donors (Lipinski definition) is 1. The number of nitrogens with zero attached hydrogens (tertiary/aromatic N) is 2. The number of aromatic nitrogens is 2. The molecule has 1 heterocycles. The molecule has 0 radical (unpaired) electrons. The number of nitrogens with one attached hydrogen (secondary N) is 1. The van der Waals surface area contributed by atoms with Crippen LogP contribution in [0.1, 0.15) is 0 Å². The van der Waals surface area contributed by atoms with Gasteiger partial charge in [0, 0.05) is 24.7 Å². The van der Waals surface area contributed by atoms with Crippen LogP contribution in [0.2, 0.25) is 0 Å². The standard InChI is InChI=1S/C20H18FN3O3/c21-16-8-4-5-9-18(16)27-13-19(25)22-10-11-24-14-23-17(12-20(24)26)15-6-2-1-3-7-15/h1-9,12,14H,10-11,13H2,(H,22,25). The molecule has 0 saturated heterocycles. The lowest BCUT2D eigenvalue weighted by atomic mass is 10.1. The molecular weight excluding hydrogens is 349 g/mol. The highest BCUT2D eigenvalue weighted by atomic mass is 19.1. The Morgan fingerprint density at radius 2 is 1.85 bits per heavy atom. The summed E-state index contributed by atoms with van der Waals surface area (Å²) in [6.45, 7) is 0.194. The molecule has 0 saturated carbocycles. The number of hydrogen-bond acceptors (Lipinski definition) is 4. The molecule has 3 aromatic rings. The summed E-state index contributed by atoms with van der Waals surface area (Å²) in [5.74, 6) is -0.911. The van der Waals surface area contributed by atoms with Crippen LogP contribution in [0.4, 0.5) is 4.39 Å². The Balaban J connectivity index is 1.49. The second-order valence-electron chi connectivity index (χ2n) is 5.74. The number of benzene rings is 2. The van der Waals surface area contributed by atoms with E-state index in [0.717, 1.165) is 5.56 Å². The summed E-state index contributed by atoms with van der Waals surface area (Å²) >= 11 is 0. The molecule has 1 amide bonds. The molecule has 0 fully saturated rings. The fraction of sp³-hybridized carbons (Fsp3) is 0.150. The number of para-hydroxylation sites is 1. The highest BCUT2D eigenvalue weighted by Gasteiger charge is 2.07. The van der Waals surface area contributed by atoms with E-state index in [-0.39, 0.29) is 31.0 Å². The number of amides is 1. The van der Waals surface area contributed by atoms with Crippen molar-refractivity contribution in [3.05, 3.63) is 83.2 Å². The van der Waals surface area contributed by atoms with Crippen molar-refractivity contribution in [1.29, 1.82) is 0 Å². The first-order chi connectivity index (χ1) is 13.1. The molecule has 6 nitrogen and oxygen atoms in total. The summed E-state index contributed by atoms with van der Waals surface area (Å²) in [5, 5.41) is 2.62. The van der Waals surface area contributed by atoms with E-state index in [1.807, 2.05) is 30.3 Å². The minimum atomic E-state index is -0.526. The normalized spacial score (nSPS) is 10.4. The average Bonchev–Trinajstić information content (AvgIpc) is 2.69. The molecule has 7 heteroatoms. The Bertz CT molecular complexity index is 973. The Morgan fingerprint density at radius 3 is 2.59 bits per heavy atom. The van der Waals surface area contributed by atoms with Gasteiger partial charge in [-0.1, -0.05) is 42.5 Å². The van der Waals surface area contributed by atoms with Gasteiger partial charge < -0.3 is 10.1 Å². The maximum Gasteiger partial charge on any atom is 0.258 e. The van der Waals surface area contributed by atoms with Crippen molar-refractivity contribution >= 4 is 5.91 Å². The summed E-state index contributed by atoms with van der Waals surface area (Å²) < 4.78 is 19.9. The number of ether oxygens (including phenoxy) is 1. The topological polar surface area (TPSA) is 73.2 Å². The lowest BCUT2D eigenvalue weighted by molar-refractivity contribution is -0.123. The van der Waals surface area contributed by atoms with Crippen LogP contribution in [0.25, 0.3) is 11.3 Å². The van der Waals surface area contributed by atoms with Gasteiger partial charge in [0.25, 0.3) is 11.5 Å². The lowest BCUT2D eigenvalue weighted by Gasteiger charge is -2.09. The molecule has 0 aliphatic carbocycles. The highest BCUT2D eigenvalue weighted by molar-refractivity contribution is 5.77. The lowest BCUT2D eigenvalue weighted by Crippen LogP contribution is -2.33. The molecule has 0 unspecified atom stereocenters. The molecular formula is C20H18FN3O3. The van der Waals surface area contributed by atoms with E-state index in [1.165, 1.54) is 35.2 Å². The quantitative estimate of drug-likeness (QED) is 0.695. The van der Waals surface area contributed by atoms with E-state index in [2.05, 4.69) is 10.3 Å². The van der Waals surface area contributed by atoms with Crippen molar-refractivity contribution in [2.24, 2.45) is 0 Å². The zero-order chi connectivity index (χ0) is 19.1. The predicted molar refractivity (Wildman–Crippen MR) is 98.8 cm³/mol. The summed E-state index contributed by atoms with van der Waals surface area (Å²) in [7, 11) is 0. The zero-order valence-electron chi connectivity index (χ0n) is 14.5. The Kier molecular flexibility index (Phi) is 5.94. The van der Waals surface area contributed by atoms with Crippen molar-refractivity contribution in [2.45, 2.75) is 6.54 Å². The van der Waals surface area contributed by atoms with Crippen LogP contribution >= 0.6 is 0 Å². The Hall–Kier alpha value is -3.48. The van der Waals surface area contributed by atoms with E-state index in [4.69, 9.17) is 4.74 Å².